The number of allylic oxidation sites excluding steroid dienone is 2. The van der Waals surface area contributed by atoms with Gasteiger partial charge in [-0.05, 0) is 30.4 Å². The monoisotopic (exact) mass is 203 g/mol. The number of hydrogen-bond donors (Lipinski definition) is 2. The predicted octanol–water partition coefficient (Wildman–Crippen LogP) is 0.466. The minimum Gasteiger partial charge on any atom is -0.370 e. The van der Waals surface area contributed by atoms with Crippen LogP contribution in [0.3, 0.4) is 0 Å². The summed E-state index contributed by atoms with van der Waals surface area (Å²) in [4.78, 5) is 15.9. The summed E-state index contributed by atoms with van der Waals surface area (Å²) in [5, 5.41) is 2.57. The molecule has 2 atom stereocenters. The largest absolute Gasteiger partial charge is 0.370 e. The molecule has 1 aliphatic heterocycles. The van der Waals surface area contributed by atoms with Crippen LogP contribution < -0.4 is 11.1 Å². The Kier molecular flexibility index (Phi) is 1.71. The molecule has 1 amide bonds. The van der Waals surface area contributed by atoms with Gasteiger partial charge in [0.2, 0.25) is 5.91 Å². The van der Waals surface area contributed by atoms with Crippen molar-refractivity contribution in [2.24, 2.45) is 16.6 Å². The molecule has 3 rings (SSSR count). The molecular weight excluding hydrogens is 190 g/mol. The quantitative estimate of drug-likeness (QED) is 0.600. The lowest BCUT2D eigenvalue weighted by molar-refractivity contribution is -0.122. The van der Waals surface area contributed by atoms with E-state index in [2.05, 4.69) is 22.5 Å². The van der Waals surface area contributed by atoms with Crippen molar-refractivity contribution in [3.05, 3.63) is 23.3 Å². The average molecular weight is 203 g/mol. The van der Waals surface area contributed by atoms with Gasteiger partial charge in [0.1, 0.15) is 0 Å². The van der Waals surface area contributed by atoms with Crippen LogP contribution in [-0.4, -0.2) is 17.9 Å². The number of nitrogens with one attached hydrogen (secondary N) is 1. The van der Waals surface area contributed by atoms with E-state index >= 15 is 0 Å². The molecule has 3 N–H and O–H groups in total. The first-order chi connectivity index (χ1) is 7.24. The van der Waals surface area contributed by atoms with E-state index in [1.807, 2.05) is 0 Å². The van der Waals surface area contributed by atoms with Gasteiger partial charge in [-0.15, -0.1) is 0 Å². The summed E-state index contributed by atoms with van der Waals surface area (Å²) in [6, 6.07) is -0.0735. The molecule has 1 heterocycles. The summed E-state index contributed by atoms with van der Waals surface area (Å²) in [6.07, 6.45) is 7.59. The number of rotatable bonds is 0. The zero-order chi connectivity index (χ0) is 10.4. The van der Waals surface area contributed by atoms with Gasteiger partial charge in [0.25, 0.3) is 0 Å². The summed E-state index contributed by atoms with van der Waals surface area (Å²) in [6.45, 7) is 0. The Morgan fingerprint density at radius 3 is 2.87 bits per heavy atom. The van der Waals surface area contributed by atoms with Gasteiger partial charge in [0.05, 0.1) is 12.0 Å². The second-order valence-corrected chi connectivity index (χ2v) is 4.26. The number of fused-ring (bicyclic) bond motifs is 2. The van der Waals surface area contributed by atoms with Crippen LogP contribution >= 0.6 is 0 Å². The first-order valence-corrected chi connectivity index (χ1v) is 5.30. The molecule has 4 nitrogen and oxygen atoms in total. The molecule has 0 spiro atoms. The molecule has 3 aliphatic rings. The van der Waals surface area contributed by atoms with E-state index in [1.54, 1.807) is 0 Å². The SMILES string of the molecule is NC1=N[C@@H]2C=C3CCCC3=C[C@@H]2C(=O)N1. The fourth-order valence-corrected chi connectivity index (χ4v) is 2.55. The molecule has 0 unspecified atom stereocenters. The summed E-state index contributed by atoms with van der Waals surface area (Å²) >= 11 is 0. The van der Waals surface area contributed by atoms with Crippen molar-refractivity contribution in [2.75, 3.05) is 0 Å². The molecule has 0 aromatic heterocycles. The standard InChI is InChI=1S/C11H13N3O/c12-11-13-9-5-7-3-1-2-6(7)4-8(9)10(15)14-11/h4-5,8-9H,1-3H2,(H3,12,13,14,15)/t8-,9+/m0/s1. The van der Waals surface area contributed by atoms with Gasteiger partial charge in [-0.3, -0.25) is 10.1 Å². The molecule has 2 aliphatic carbocycles. The fourth-order valence-electron chi connectivity index (χ4n) is 2.55. The summed E-state index contributed by atoms with van der Waals surface area (Å²) in [5.74, 6) is 0.0734. The van der Waals surface area contributed by atoms with E-state index in [9.17, 15) is 4.79 Å². The Hall–Kier alpha value is -1.58. The third-order valence-electron chi connectivity index (χ3n) is 3.27. The van der Waals surface area contributed by atoms with Crippen LogP contribution in [0.25, 0.3) is 0 Å². The second kappa shape index (κ2) is 2.95. The molecular formula is C11H13N3O. The molecule has 4 heteroatoms. The van der Waals surface area contributed by atoms with E-state index in [1.165, 1.54) is 17.6 Å². The highest BCUT2D eigenvalue weighted by Crippen LogP contribution is 2.37. The molecule has 0 radical (unpaired) electrons. The van der Waals surface area contributed by atoms with E-state index in [0.717, 1.165) is 12.8 Å². The molecule has 0 bridgehead atoms. The highest BCUT2D eigenvalue weighted by molar-refractivity contribution is 6.00. The van der Waals surface area contributed by atoms with Crippen LogP contribution in [0.1, 0.15) is 19.3 Å². The Balaban J connectivity index is 2.02. The third kappa shape index (κ3) is 1.28. The molecule has 1 saturated carbocycles. The Labute approximate surface area is 87.9 Å². The van der Waals surface area contributed by atoms with E-state index in [0.29, 0.717) is 0 Å². The van der Waals surface area contributed by atoms with Crippen molar-refractivity contribution in [1.29, 1.82) is 0 Å². The van der Waals surface area contributed by atoms with Crippen LogP contribution in [-0.2, 0) is 4.79 Å². The number of hydrogen-bond acceptors (Lipinski definition) is 3. The van der Waals surface area contributed by atoms with Gasteiger partial charge in [0, 0.05) is 0 Å². The molecule has 0 aromatic carbocycles. The number of aliphatic imine (C=N–C) groups is 1. The maximum absolute atomic E-state index is 11.7. The second-order valence-electron chi connectivity index (χ2n) is 4.26. The van der Waals surface area contributed by atoms with Crippen LogP contribution in [0.5, 0.6) is 0 Å². The zero-order valence-electron chi connectivity index (χ0n) is 8.36. The number of guanidine groups is 1. The van der Waals surface area contributed by atoms with Crippen molar-refractivity contribution in [1.82, 2.24) is 5.32 Å². The minimum atomic E-state index is -0.144. The average Bonchev–Trinajstić information content (AvgIpc) is 2.61. The highest BCUT2D eigenvalue weighted by Gasteiger charge is 2.34. The number of carbonyl (C=O) groups is 1. The Morgan fingerprint density at radius 1 is 1.33 bits per heavy atom. The van der Waals surface area contributed by atoms with E-state index < -0.39 is 0 Å². The Bertz CT molecular complexity index is 420. The van der Waals surface area contributed by atoms with Crippen molar-refractivity contribution in [2.45, 2.75) is 25.3 Å². The number of nitrogens with two attached hydrogens (primary N) is 1. The number of carbonyl (C=O) groups excluding carboxylic acids is 1. The first-order valence-electron chi connectivity index (χ1n) is 5.30. The zero-order valence-corrected chi connectivity index (χ0v) is 8.36. The Morgan fingerprint density at radius 2 is 2.07 bits per heavy atom. The summed E-state index contributed by atoms with van der Waals surface area (Å²) in [5.41, 5.74) is 8.24. The van der Waals surface area contributed by atoms with Crippen LogP contribution in [0, 0.1) is 5.92 Å². The van der Waals surface area contributed by atoms with Gasteiger partial charge < -0.3 is 5.73 Å². The van der Waals surface area contributed by atoms with Gasteiger partial charge in [-0.2, -0.15) is 0 Å². The molecule has 0 aromatic rings. The molecule has 78 valence electrons. The van der Waals surface area contributed by atoms with Crippen LogP contribution in [0.15, 0.2) is 28.3 Å². The highest BCUT2D eigenvalue weighted by atomic mass is 16.2. The number of amides is 1. The lowest BCUT2D eigenvalue weighted by atomic mass is 9.87. The van der Waals surface area contributed by atoms with Gasteiger partial charge in [-0.25, -0.2) is 4.99 Å². The first kappa shape index (κ1) is 8.71. The van der Waals surface area contributed by atoms with Crippen LogP contribution in [0.4, 0.5) is 0 Å². The summed E-state index contributed by atoms with van der Waals surface area (Å²) in [7, 11) is 0. The van der Waals surface area contributed by atoms with E-state index in [-0.39, 0.29) is 23.8 Å². The van der Waals surface area contributed by atoms with E-state index in [4.69, 9.17) is 5.73 Å². The fraction of sp³-hybridized carbons (Fsp3) is 0.455. The minimum absolute atomic E-state index is 0.0257. The molecule has 15 heavy (non-hydrogen) atoms. The third-order valence-corrected chi connectivity index (χ3v) is 3.27. The lowest BCUT2D eigenvalue weighted by Gasteiger charge is -2.27. The van der Waals surface area contributed by atoms with Gasteiger partial charge in [-0.1, -0.05) is 12.2 Å². The maximum atomic E-state index is 11.7. The predicted molar refractivity (Wildman–Crippen MR) is 57.1 cm³/mol. The topological polar surface area (TPSA) is 67.5 Å². The van der Waals surface area contributed by atoms with Gasteiger partial charge in [0.15, 0.2) is 5.96 Å². The smallest absolute Gasteiger partial charge is 0.236 e. The van der Waals surface area contributed by atoms with Crippen molar-refractivity contribution in [3.63, 3.8) is 0 Å². The van der Waals surface area contributed by atoms with Crippen molar-refractivity contribution < 1.29 is 4.79 Å². The molecule has 0 saturated heterocycles. The van der Waals surface area contributed by atoms with Crippen LogP contribution in [0.2, 0.25) is 0 Å². The van der Waals surface area contributed by atoms with Crippen molar-refractivity contribution >= 4 is 11.9 Å². The van der Waals surface area contributed by atoms with Crippen molar-refractivity contribution in [3.8, 4) is 0 Å². The normalized spacial score (nSPS) is 33.3. The number of nitrogens with zero attached hydrogens (tertiary/aromatic N) is 1. The van der Waals surface area contributed by atoms with Gasteiger partial charge >= 0.3 is 0 Å². The lowest BCUT2D eigenvalue weighted by Crippen LogP contribution is -2.48. The summed E-state index contributed by atoms with van der Waals surface area (Å²) < 4.78 is 0. The molecule has 1 fully saturated rings. The maximum Gasteiger partial charge on any atom is 0.236 e.